The van der Waals surface area contributed by atoms with Crippen molar-refractivity contribution >= 4 is 0 Å². The maximum Gasteiger partial charge on any atom is 0.0630 e. The molecule has 1 N–H and O–H groups in total. The minimum atomic E-state index is 0.975. The molecule has 1 heterocycles. The third kappa shape index (κ3) is 1.34. The number of hydrogen-bond donors (Lipinski definition) is 1. The average molecular weight is 109 g/mol. The fourth-order valence-electron chi connectivity index (χ4n) is 0.785. The Morgan fingerprint density at radius 2 is 2.75 bits per heavy atom. The summed E-state index contributed by atoms with van der Waals surface area (Å²) < 4.78 is 0. The van der Waals surface area contributed by atoms with E-state index < -0.39 is 0 Å². The third-order valence-electron chi connectivity index (χ3n) is 1.39. The van der Waals surface area contributed by atoms with Gasteiger partial charge in [-0.15, -0.1) is 0 Å². The Balaban J connectivity index is 2.37. The summed E-state index contributed by atoms with van der Waals surface area (Å²) in [4.78, 5) is 0. The van der Waals surface area contributed by atoms with Crippen LogP contribution < -0.4 is 5.32 Å². The zero-order valence-electron chi connectivity index (χ0n) is 5.20. The van der Waals surface area contributed by atoms with Crippen molar-refractivity contribution in [1.82, 2.24) is 5.32 Å². The Kier molecular flexibility index (Phi) is 2.10. The van der Waals surface area contributed by atoms with Crippen LogP contribution in [0.4, 0.5) is 0 Å². The summed E-state index contributed by atoms with van der Waals surface area (Å²) in [6, 6.07) is 0. The van der Waals surface area contributed by atoms with Crippen LogP contribution in [-0.2, 0) is 0 Å². The van der Waals surface area contributed by atoms with Crippen LogP contribution in [0.1, 0.15) is 19.8 Å². The minimum Gasteiger partial charge on any atom is -0.304 e. The topological polar surface area (TPSA) is 12.0 Å². The Morgan fingerprint density at radius 3 is 3.12 bits per heavy atom. The summed E-state index contributed by atoms with van der Waals surface area (Å²) in [5.74, 6) is 0. The first kappa shape index (κ1) is 5.83. The van der Waals surface area contributed by atoms with Crippen molar-refractivity contribution in [3.8, 4) is 0 Å². The van der Waals surface area contributed by atoms with E-state index in [2.05, 4.69) is 24.9 Å². The summed E-state index contributed by atoms with van der Waals surface area (Å²) in [7, 11) is 0. The summed E-state index contributed by atoms with van der Waals surface area (Å²) in [6.07, 6.45) is 4.38. The maximum atomic E-state index is 3.07. The van der Waals surface area contributed by atoms with E-state index in [-0.39, 0.29) is 0 Å². The molecule has 1 rings (SSSR count). The third-order valence-corrected chi connectivity index (χ3v) is 1.39. The summed E-state index contributed by atoms with van der Waals surface area (Å²) in [5, 5.41) is 3.07. The lowest BCUT2D eigenvalue weighted by atomic mass is 10.1. The van der Waals surface area contributed by atoms with Crippen LogP contribution in [0.2, 0.25) is 0 Å². The monoisotopic (exact) mass is 109 g/mol. The highest BCUT2D eigenvalue weighted by Gasteiger charge is 1.98. The highest BCUT2D eigenvalue weighted by Crippen LogP contribution is 2.05. The van der Waals surface area contributed by atoms with Gasteiger partial charge >= 0.3 is 0 Å². The predicted molar refractivity (Wildman–Crippen MR) is 34.2 cm³/mol. The molecule has 0 aromatic rings. The van der Waals surface area contributed by atoms with Crippen molar-refractivity contribution in [2.45, 2.75) is 19.8 Å². The van der Waals surface area contributed by atoms with Gasteiger partial charge in [0.25, 0.3) is 0 Å². The van der Waals surface area contributed by atoms with Crippen LogP contribution >= 0.6 is 0 Å². The molecule has 0 unspecified atom stereocenters. The van der Waals surface area contributed by atoms with E-state index in [4.69, 9.17) is 0 Å². The zero-order chi connectivity index (χ0) is 5.82. The molecule has 0 spiro atoms. The van der Waals surface area contributed by atoms with Gasteiger partial charge in [0.2, 0.25) is 0 Å². The SMILES string of the molecule is CCC1=CC[C]NC1. The Labute approximate surface area is 50.8 Å². The Morgan fingerprint density at radius 1 is 1.88 bits per heavy atom. The van der Waals surface area contributed by atoms with E-state index in [1.807, 2.05) is 0 Å². The molecule has 0 amide bonds. The van der Waals surface area contributed by atoms with E-state index in [9.17, 15) is 0 Å². The molecule has 0 saturated carbocycles. The second-order valence-electron chi connectivity index (χ2n) is 1.95. The molecule has 0 aromatic heterocycles. The molecule has 8 heavy (non-hydrogen) atoms. The first-order valence-corrected chi connectivity index (χ1v) is 3.07. The van der Waals surface area contributed by atoms with Gasteiger partial charge in [-0.2, -0.15) is 0 Å². The summed E-state index contributed by atoms with van der Waals surface area (Å²) in [5.41, 5.74) is 1.50. The van der Waals surface area contributed by atoms with Crippen LogP contribution in [0.15, 0.2) is 11.6 Å². The first-order chi connectivity index (χ1) is 3.93. The number of rotatable bonds is 1. The summed E-state index contributed by atoms with van der Waals surface area (Å²) in [6.45, 7) is 6.21. The standard InChI is InChI=1S/C7H11N/c1-2-7-4-3-5-8-6-7/h4,8H,2-3,6H2,1H3. The Hall–Kier alpha value is -0.300. The summed E-state index contributed by atoms with van der Waals surface area (Å²) >= 11 is 0. The van der Waals surface area contributed by atoms with Gasteiger partial charge in [-0.3, -0.25) is 0 Å². The molecule has 0 saturated heterocycles. The highest BCUT2D eigenvalue weighted by molar-refractivity contribution is 5.08. The molecule has 1 aliphatic heterocycles. The van der Waals surface area contributed by atoms with Crippen molar-refractivity contribution in [2.24, 2.45) is 0 Å². The average Bonchev–Trinajstić information content (AvgIpc) is 1.90. The van der Waals surface area contributed by atoms with E-state index in [1.54, 1.807) is 0 Å². The van der Waals surface area contributed by atoms with Crippen molar-refractivity contribution in [1.29, 1.82) is 0 Å². The molecule has 1 heteroatoms. The van der Waals surface area contributed by atoms with Gasteiger partial charge in [-0.25, -0.2) is 0 Å². The van der Waals surface area contributed by atoms with E-state index in [0.717, 1.165) is 13.0 Å². The lowest BCUT2D eigenvalue weighted by Gasteiger charge is -2.10. The van der Waals surface area contributed by atoms with Crippen molar-refractivity contribution < 1.29 is 0 Å². The molecule has 0 fully saturated rings. The van der Waals surface area contributed by atoms with Gasteiger partial charge in [0, 0.05) is 6.54 Å². The van der Waals surface area contributed by atoms with Gasteiger partial charge in [-0.05, 0) is 12.8 Å². The van der Waals surface area contributed by atoms with Gasteiger partial charge in [-0.1, -0.05) is 18.6 Å². The van der Waals surface area contributed by atoms with E-state index in [1.165, 1.54) is 12.0 Å². The van der Waals surface area contributed by atoms with Crippen LogP contribution in [-0.4, -0.2) is 6.54 Å². The largest absolute Gasteiger partial charge is 0.304 e. The van der Waals surface area contributed by atoms with Crippen molar-refractivity contribution in [3.63, 3.8) is 0 Å². The van der Waals surface area contributed by atoms with Gasteiger partial charge < -0.3 is 5.32 Å². The Bertz CT molecular complexity index is 94.6. The second kappa shape index (κ2) is 2.88. The van der Waals surface area contributed by atoms with Gasteiger partial charge in [0.1, 0.15) is 0 Å². The molecular weight excluding hydrogens is 98.1 g/mol. The number of hydrogen-bond acceptors (Lipinski definition) is 1. The van der Waals surface area contributed by atoms with Gasteiger partial charge in [0.05, 0.1) is 6.54 Å². The van der Waals surface area contributed by atoms with E-state index in [0.29, 0.717) is 0 Å². The zero-order valence-corrected chi connectivity index (χ0v) is 5.20. The maximum absolute atomic E-state index is 3.07. The quantitative estimate of drug-likeness (QED) is 0.501. The normalized spacial score (nSPS) is 20.4. The molecule has 0 aliphatic carbocycles. The fourth-order valence-corrected chi connectivity index (χ4v) is 0.785. The van der Waals surface area contributed by atoms with Crippen LogP contribution in [0.5, 0.6) is 0 Å². The second-order valence-corrected chi connectivity index (χ2v) is 1.95. The van der Waals surface area contributed by atoms with Crippen LogP contribution in [0.3, 0.4) is 0 Å². The smallest absolute Gasteiger partial charge is 0.0630 e. The lowest BCUT2D eigenvalue weighted by Crippen LogP contribution is -2.17. The molecule has 0 aromatic carbocycles. The molecule has 1 aliphatic rings. The molecule has 1 nitrogen and oxygen atoms in total. The molecular formula is C7H11N. The minimum absolute atomic E-state index is 0.975. The van der Waals surface area contributed by atoms with Crippen molar-refractivity contribution in [2.75, 3.05) is 6.54 Å². The molecule has 0 bridgehead atoms. The van der Waals surface area contributed by atoms with Crippen LogP contribution in [0, 0.1) is 6.54 Å². The molecule has 0 atom stereocenters. The fraction of sp³-hybridized carbons (Fsp3) is 0.571. The van der Waals surface area contributed by atoms with E-state index >= 15 is 0 Å². The molecule has 44 valence electrons. The highest BCUT2D eigenvalue weighted by atomic mass is 14.9. The number of nitrogens with one attached hydrogen (secondary N) is 1. The van der Waals surface area contributed by atoms with Gasteiger partial charge in [0.15, 0.2) is 0 Å². The predicted octanol–water partition coefficient (Wildman–Crippen LogP) is 1.35. The van der Waals surface area contributed by atoms with Crippen molar-refractivity contribution in [3.05, 3.63) is 18.2 Å². The lowest BCUT2D eigenvalue weighted by molar-refractivity contribution is 0.768. The first-order valence-electron chi connectivity index (χ1n) is 3.07. The van der Waals surface area contributed by atoms with Crippen LogP contribution in [0.25, 0.3) is 0 Å². The molecule has 2 radical (unpaired) electrons.